The summed E-state index contributed by atoms with van der Waals surface area (Å²) in [5.74, 6) is 0.546. The zero-order valence-electron chi connectivity index (χ0n) is 9.40. The van der Waals surface area contributed by atoms with Crippen LogP contribution in [0.15, 0.2) is 12.1 Å². The van der Waals surface area contributed by atoms with Gasteiger partial charge in [0, 0.05) is 12.1 Å². The molecule has 0 radical (unpaired) electrons. The van der Waals surface area contributed by atoms with E-state index in [0.29, 0.717) is 23.7 Å². The first-order valence-electron chi connectivity index (χ1n) is 5.58. The molecule has 1 unspecified atom stereocenters. The maximum absolute atomic E-state index is 5.63. The van der Waals surface area contributed by atoms with Crippen LogP contribution < -0.4 is 4.74 Å². The molecule has 16 heavy (non-hydrogen) atoms. The summed E-state index contributed by atoms with van der Waals surface area (Å²) >= 11 is 5.63. The van der Waals surface area contributed by atoms with Crippen molar-refractivity contribution in [3.05, 3.63) is 17.3 Å². The second-order valence-corrected chi connectivity index (χ2v) is 4.50. The van der Waals surface area contributed by atoms with Gasteiger partial charge >= 0.3 is 0 Å². The second-order valence-electron chi connectivity index (χ2n) is 4.11. The Balaban J connectivity index is 1.73. The minimum atomic E-state index is 0.392. The summed E-state index contributed by atoms with van der Waals surface area (Å²) in [5.41, 5.74) is 0. The Morgan fingerprint density at radius 2 is 2.38 bits per heavy atom. The summed E-state index contributed by atoms with van der Waals surface area (Å²) in [7, 11) is 2.17. The van der Waals surface area contributed by atoms with Crippen molar-refractivity contribution in [2.45, 2.75) is 25.3 Å². The molecule has 1 aliphatic heterocycles. The van der Waals surface area contributed by atoms with Crippen molar-refractivity contribution in [1.29, 1.82) is 0 Å². The molecule has 0 spiro atoms. The largest absolute Gasteiger partial charge is 0.477 e. The van der Waals surface area contributed by atoms with Gasteiger partial charge in [-0.15, -0.1) is 10.2 Å². The highest BCUT2D eigenvalue weighted by Crippen LogP contribution is 2.18. The lowest BCUT2D eigenvalue weighted by Crippen LogP contribution is -2.26. The van der Waals surface area contributed by atoms with Crippen molar-refractivity contribution in [1.82, 2.24) is 15.1 Å². The van der Waals surface area contributed by atoms with E-state index in [4.69, 9.17) is 16.3 Å². The van der Waals surface area contributed by atoms with Crippen LogP contribution in [0, 0.1) is 0 Å². The number of hydrogen-bond donors (Lipinski definition) is 0. The van der Waals surface area contributed by atoms with Gasteiger partial charge in [-0.1, -0.05) is 11.6 Å². The Hall–Kier alpha value is -0.870. The highest BCUT2D eigenvalue weighted by molar-refractivity contribution is 6.29. The molecular weight excluding hydrogens is 226 g/mol. The van der Waals surface area contributed by atoms with E-state index >= 15 is 0 Å². The molecule has 1 fully saturated rings. The van der Waals surface area contributed by atoms with Gasteiger partial charge in [0.2, 0.25) is 5.88 Å². The summed E-state index contributed by atoms with van der Waals surface area (Å²) in [6.45, 7) is 1.89. The Morgan fingerprint density at radius 3 is 3.00 bits per heavy atom. The Bertz CT molecular complexity index is 331. The predicted molar refractivity (Wildman–Crippen MR) is 62.8 cm³/mol. The van der Waals surface area contributed by atoms with E-state index in [0.717, 1.165) is 6.42 Å². The fourth-order valence-electron chi connectivity index (χ4n) is 2.02. The van der Waals surface area contributed by atoms with Crippen LogP contribution in [-0.2, 0) is 0 Å². The van der Waals surface area contributed by atoms with Crippen molar-refractivity contribution in [2.75, 3.05) is 20.2 Å². The van der Waals surface area contributed by atoms with Gasteiger partial charge in [0.25, 0.3) is 0 Å². The molecule has 0 bridgehead atoms. The van der Waals surface area contributed by atoms with Gasteiger partial charge in [-0.2, -0.15) is 0 Å². The Labute approximate surface area is 101 Å². The van der Waals surface area contributed by atoms with Crippen LogP contribution in [0.4, 0.5) is 0 Å². The van der Waals surface area contributed by atoms with Gasteiger partial charge < -0.3 is 9.64 Å². The molecular formula is C11H16ClN3O. The van der Waals surface area contributed by atoms with E-state index in [2.05, 4.69) is 22.1 Å². The fourth-order valence-corrected chi connectivity index (χ4v) is 2.13. The smallest absolute Gasteiger partial charge is 0.233 e. The number of hydrogen-bond acceptors (Lipinski definition) is 4. The Morgan fingerprint density at radius 1 is 1.50 bits per heavy atom. The number of nitrogens with zero attached hydrogens (tertiary/aromatic N) is 3. The lowest BCUT2D eigenvalue weighted by molar-refractivity contribution is 0.227. The van der Waals surface area contributed by atoms with Crippen molar-refractivity contribution in [2.24, 2.45) is 0 Å². The van der Waals surface area contributed by atoms with E-state index in [-0.39, 0.29) is 0 Å². The zero-order chi connectivity index (χ0) is 11.4. The predicted octanol–water partition coefficient (Wildman–Crippen LogP) is 1.99. The summed E-state index contributed by atoms with van der Waals surface area (Å²) in [4.78, 5) is 2.39. The van der Waals surface area contributed by atoms with Gasteiger partial charge in [0.15, 0.2) is 5.15 Å². The topological polar surface area (TPSA) is 38.2 Å². The van der Waals surface area contributed by atoms with Crippen LogP contribution in [0.25, 0.3) is 0 Å². The molecule has 1 atom stereocenters. The van der Waals surface area contributed by atoms with Crippen LogP contribution in [0.2, 0.25) is 5.15 Å². The van der Waals surface area contributed by atoms with Gasteiger partial charge in [0.05, 0.1) is 6.61 Å². The lowest BCUT2D eigenvalue weighted by Gasteiger charge is -2.18. The Kier molecular flexibility index (Phi) is 3.96. The normalized spacial score (nSPS) is 21.2. The molecule has 1 aliphatic rings. The second kappa shape index (κ2) is 5.46. The third kappa shape index (κ3) is 3.06. The number of likely N-dealkylation sites (tertiary alicyclic amines) is 1. The SMILES string of the molecule is CN1CCCC1CCOc1ccc(Cl)nn1. The molecule has 0 aliphatic carbocycles. The fraction of sp³-hybridized carbons (Fsp3) is 0.636. The standard InChI is InChI=1S/C11H16ClN3O/c1-15-7-2-3-9(15)6-8-16-11-5-4-10(12)13-14-11/h4-5,9H,2-3,6-8H2,1H3. The number of halogens is 1. The third-order valence-corrected chi connectivity index (χ3v) is 3.18. The van der Waals surface area contributed by atoms with Crippen LogP contribution in [0.5, 0.6) is 5.88 Å². The molecule has 0 aromatic carbocycles. The summed E-state index contributed by atoms with van der Waals surface area (Å²) in [6, 6.07) is 4.08. The van der Waals surface area contributed by atoms with Crippen LogP contribution in [-0.4, -0.2) is 41.3 Å². The zero-order valence-corrected chi connectivity index (χ0v) is 10.2. The van der Waals surface area contributed by atoms with E-state index in [9.17, 15) is 0 Å². The summed E-state index contributed by atoms with van der Waals surface area (Å²) in [5, 5.41) is 7.96. The summed E-state index contributed by atoms with van der Waals surface area (Å²) in [6.07, 6.45) is 3.61. The monoisotopic (exact) mass is 241 g/mol. The first-order chi connectivity index (χ1) is 7.75. The van der Waals surface area contributed by atoms with Crippen molar-refractivity contribution >= 4 is 11.6 Å². The molecule has 88 valence electrons. The number of ether oxygens (including phenoxy) is 1. The molecule has 2 rings (SSSR count). The van der Waals surface area contributed by atoms with E-state index in [1.807, 2.05) is 0 Å². The average Bonchev–Trinajstić information content (AvgIpc) is 2.68. The average molecular weight is 242 g/mol. The minimum Gasteiger partial charge on any atom is -0.477 e. The molecule has 1 saturated heterocycles. The third-order valence-electron chi connectivity index (χ3n) is 2.98. The number of rotatable bonds is 4. The molecule has 5 heteroatoms. The molecule has 0 N–H and O–H groups in total. The maximum atomic E-state index is 5.63. The van der Waals surface area contributed by atoms with Gasteiger partial charge in [-0.05, 0) is 38.9 Å². The molecule has 0 saturated carbocycles. The van der Waals surface area contributed by atoms with Crippen molar-refractivity contribution in [3.8, 4) is 5.88 Å². The van der Waals surface area contributed by atoms with Crippen LogP contribution in [0.3, 0.4) is 0 Å². The molecule has 1 aromatic heterocycles. The minimum absolute atomic E-state index is 0.392. The first-order valence-corrected chi connectivity index (χ1v) is 5.96. The van der Waals surface area contributed by atoms with Gasteiger partial charge in [0.1, 0.15) is 0 Å². The van der Waals surface area contributed by atoms with Crippen LogP contribution >= 0.6 is 11.6 Å². The molecule has 2 heterocycles. The van der Waals surface area contributed by atoms with Gasteiger partial charge in [-0.25, -0.2) is 0 Å². The maximum Gasteiger partial charge on any atom is 0.233 e. The van der Waals surface area contributed by atoms with E-state index in [1.165, 1.54) is 19.4 Å². The van der Waals surface area contributed by atoms with Crippen LogP contribution in [0.1, 0.15) is 19.3 Å². The van der Waals surface area contributed by atoms with Crippen molar-refractivity contribution in [3.63, 3.8) is 0 Å². The quantitative estimate of drug-likeness (QED) is 0.808. The van der Waals surface area contributed by atoms with E-state index < -0.39 is 0 Å². The van der Waals surface area contributed by atoms with Crippen molar-refractivity contribution < 1.29 is 4.74 Å². The molecule has 0 amide bonds. The van der Waals surface area contributed by atoms with E-state index in [1.54, 1.807) is 12.1 Å². The highest BCUT2D eigenvalue weighted by atomic mass is 35.5. The highest BCUT2D eigenvalue weighted by Gasteiger charge is 2.20. The number of aromatic nitrogens is 2. The molecule has 4 nitrogen and oxygen atoms in total. The van der Waals surface area contributed by atoms with Gasteiger partial charge in [-0.3, -0.25) is 0 Å². The molecule has 1 aromatic rings. The first kappa shape index (κ1) is 11.6. The summed E-state index contributed by atoms with van der Waals surface area (Å²) < 4.78 is 5.51. The lowest BCUT2D eigenvalue weighted by atomic mass is 10.1.